The first-order valence-corrected chi connectivity index (χ1v) is 9.85. The van der Waals surface area contributed by atoms with E-state index in [4.69, 9.17) is 0 Å². The molecule has 1 unspecified atom stereocenters. The van der Waals surface area contributed by atoms with Crippen LogP contribution in [0.1, 0.15) is 43.9 Å². The Morgan fingerprint density at radius 3 is 2.96 bits per heavy atom. The van der Waals surface area contributed by atoms with Gasteiger partial charge in [-0.3, -0.25) is 4.79 Å². The van der Waals surface area contributed by atoms with Gasteiger partial charge in [-0.2, -0.15) is 0 Å². The quantitative estimate of drug-likeness (QED) is 0.923. The average molecular weight is 344 g/mol. The van der Waals surface area contributed by atoms with Crippen LogP contribution in [0.4, 0.5) is 5.82 Å². The molecule has 2 aliphatic rings. The van der Waals surface area contributed by atoms with Crippen molar-refractivity contribution in [2.75, 3.05) is 18.4 Å². The van der Waals surface area contributed by atoms with Crippen LogP contribution < -0.4 is 5.32 Å². The lowest BCUT2D eigenvalue weighted by Crippen LogP contribution is -2.35. The van der Waals surface area contributed by atoms with Gasteiger partial charge in [0, 0.05) is 29.9 Å². The Kier molecular flexibility index (Phi) is 4.39. The first kappa shape index (κ1) is 15.8. The number of carbonyl (C=O) groups is 1. The molecule has 2 aromatic rings. The molecular weight excluding hydrogens is 320 g/mol. The van der Waals surface area contributed by atoms with Crippen molar-refractivity contribution in [3.63, 3.8) is 0 Å². The number of thiophene rings is 1. The van der Waals surface area contributed by atoms with E-state index in [1.54, 1.807) is 17.7 Å². The standard InChI is InChI=1S/C18H24N4OS/c1-2-14-9-15-16(19-11-20-17(15)24-14)21-13-7-8-22(10-13)18(23)12-5-3-4-6-12/h9,11-13H,2-8,10H2,1H3,(H,19,20,21). The van der Waals surface area contributed by atoms with Gasteiger partial charge in [-0.15, -0.1) is 11.3 Å². The van der Waals surface area contributed by atoms with Gasteiger partial charge in [-0.05, 0) is 31.7 Å². The van der Waals surface area contributed by atoms with Crippen molar-refractivity contribution in [2.45, 2.75) is 51.5 Å². The molecule has 1 amide bonds. The number of hydrogen-bond donors (Lipinski definition) is 1. The SMILES string of the molecule is CCc1cc2c(NC3CCN(C(=O)C4CCCC4)C3)ncnc2s1. The van der Waals surface area contributed by atoms with E-state index in [-0.39, 0.29) is 5.92 Å². The Bertz CT molecular complexity index is 738. The summed E-state index contributed by atoms with van der Waals surface area (Å²) < 4.78 is 0. The second-order valence-electron chi connectivity index (χ2n) is 6.90. The lowest BCUT2D eigenvalue weighted by Gasteiger charge is -2.21. The molecule has 3 heterocycles. The van der Waals surface area contributed by atoms with Crippen molar-refractivity contribution in [1.29, 1.82) is 0 Å². The third kappa shape index (κ3) is 2.99. The highest BCUT2D eigenvalue weighted by molar-refractivity contribution is 7.18. The van der Waals surface area contributed by atoms with E-state index in [0.717, 1.165) is 54.8 Å². The molecule has 4 rings (SSSR count). The lowest BCUT2D eigenvalue weighted by molar-refractivity contribution is -0.134. The molecule has 5 nitrogen and oxygen atoms in total. The Morgan fingerprint density at radius 2 is 2.17 bits per heavy atom. The lowest BCUT2D eigenvalue weighted by atomic mass is 10.1. The maximum absolute atomic E-state index is 12.6. The topological polar surface area (TPSA) is 58.1 Å². The van der Waals surface area contributed by atoms with Gasteiger partial charge in [0.05, 0.1) is 5.39 Å². The maximum atomic E-state index is 12.6. The Hall–Kier alpha value is -1.69. The predicted octanol–water partition coefficient (Wildman–Crippen LogP) is 3.46. The molecule has 1 aliphatic heterocycles. The van der Waals surface area contributed by atoms with E-state index >= 15 is 0 Å². The third-order valence-electron chi connectivity index (χ3n) is 5.27. The van der Waals surface area contributed by atoms with Gasteiger partial charge >= 0.3 is 0 Å². The molecule has 1 N–H and O–H groups in total. The zero-order valence-electron chi connectivity index (χ0n) is 14.1. The van der Waals surface area contributed by atoms with E-state index < -0.39 is 0 Å². The van der Waals surface area contributed by atoms with E-state index in [1.807, 2.05) is 0 Å². The molecule has 24 heavy (non-hydrogen) atoms. The number of aromatic nitrogens is 2. The number of amides is 1. The number of rotatable bonds is 4. The minimum absolute atomic E-state index is 0.276. The minimum atomic E-state index is 0.276. The van der Waals surface area contributed by atoms with Crippen LogP contribution in [0.5, 0.6) is 0 Å². The van der Waals surface area contributed by atoms with Crippen LogP contribution in [0.25, 0.3) is 10.2 Å². The summed E-state index contributed by atoms with van der Waals surface area (Å²) in [5, 5.41) is 4.67. The smallest absolute Gasteiger partial charge is 0.225 e. The summed E-state index contributed by atoms with van der Waals surface area (Å²) in [6, 6.07) is 2.48. The van der Waals surface area contributed by atoms with E-state index in [1.165, 1.54) is 17.7 Å². The summed E-state index contributed by atoms with van der Waals surface area (Å²) in [5.74, 6) is 1.56. The van der Waals surface area contributed by atoms with Crippen LogP contribution in [0, 0.1) is 5.92 Å². The van der Waals surface area contributed by atoms with Crippen molar-refractivity contribution >= 4 is 33.3 Å². The number of nitrogens with zero attached hydrogens (tertiary/aromatic N) is 3. The minimum Gasteiger partial charge on any atom is -0.365 e. The maximum Gasteiger partial charge on any atom is 0.225 e. The first-order chi connectivity index (χ1) is 11.7. The Balaban J connectivity index is 1.45. The van der Waals surface area contributed by atoms with Crippen molar-refractivity contribution in [1.82, 2.24) is 14.9 Å². The third-order valence-corrected chi connectivity index (χ3v) is 6.46. The summed E-state index contributed by atoms with van der Waals surface area (Å²) in [6.07, 6.45) is 8.23. The van der Waals surface area contributed by atoms with E-state index in [9.17, 15) is 4.79 Å². The fourth-order valence-corrected chi connectivity index (χ4v) is 4.83. The summed E-state index contributed by atoms with van der Waals surface area (Å²) >= 11 is 1.74. The van der Waals surface area contributed by atoms with Gasteiger partial charge in [-0.1, -0.05) is 19.8 Å². The molecule has 2 fully saturated rings. The summed E-state index contributed by atoms with van der Waals surface area (Å²) in [5.41, 5.74) is 0. The summed E-state index contributed by atoms with van der Waals surface area (Å²) in [4.78, 5) is 25.8. The number of likely N-dealkylation sites (tertiary alicyclic amines) is 1. The first-order valence-electron chi connectivity index (χ1n) is 9.03. The highest BCUT2D eigenvalue weighted by Gasteiger charge is 2.32. The number of nitrogens with one attached hydrogen (secondary N) is 1. The van der Waals surface area contributed by atoms with Crippen LogP contribution >= 0.6 is 11.3 Å². The number of hydrogen-bond acceptors (Lipinski definition) is 5. The molecule has 1 saturated heterocycles. The zero-order valence-corrected chi connectivity index (χ0v) is 14.9. The van der Waals surface area contributed by atoms with E-state index in [0.29, 0.717) is 11.9 Å². The molecule has 0 radical (unpaired) electrons. The number of anilines is 1. The highest BCUT2D eigenvalue weighted by atomic mass is 32.1. The zero-order chi connectivity index (χ0) is 16.5. The van der Waals surface area contributed by atoms with Crippen LogP contribution in [0.2, 0.25) is 0 Å². The molecular formula is C18H24N4OS. The highest BCUT2D eigenvalue weighted by Crippen LogP contribution is 2.31. The van der Waals surface area contributed by atoms with Crippen LogP contribution in [0.3, 0.4) is 0 Å². The number of aryl methyl sites for hydroxylation is 1. The molecule has 0 aromatic carbocycles. The van der Waals surface area contributed by atoms with Crippen molar-refractivity contribution in [3.8, 4) is 0 Å². The number of carbonyl (C=O) groups excluding carboxylic acids is 1. The normalized spacial score (nSPS) is 21.7. The number of fused-ring (bicyclic) bond motifs is 1. The van der Waals surface area contributed by atoms with Crippen molar-refractivity contribution < 1.29 is 4.79 Å². The predicted molar refractivity (Wildman–Crippen MR) is 97.4 cm³/mol. The largest absolute Gasteiger partial charge is 0.365 e. The molecule has 2 aromatic heterocycles. The van der Waals surface area contributed by atoms with Gasteiger partial charge in [0.1, 0.15) is 17.0 Å². The fourth-order valence-electron chi connectivity index (χ4n) is 3.90. The van der Waals surface area contributed by atoms with Gasteiger partial charge in [0.15, 0.2) is 0 Å². The Labute approximate surface area is 146 Å². The average Bonchev–Trinajstić information content (AvgIpc) is 3.34. The molecule has 0 spiro atoms. The summed E-state index contributed by atoms with van der Waals surface area (Å²) in [7, 11) is 0. The fraction of sp³-hybridized carbons (Fsp3) is 0.611. The second-order valence-corrected chi connectivity index (χ2v) is 8.02. The van der Waals surface area contributed by atoms with Gasteiger partial charge in [0.25, 0.3) is 0 Å². The molecule has 1 saturated carbocycles. The van der Waals surface area contributed by atoms with Crippen molar-refractivity contribution in [3.05, 3.63) is 17.3 Å². The van der Waals surface area contributed by atoms with Crippen molar-refractivity contribution in [2.24, 2.45) is 5.92 Å². The van der Waals surface area contributed by atoms with Crippen LogP contribution in [-0.2, 0) is 11.2 Å². The van der Waals surface area contributed by atoms with Crippen LogP contribution in [0.15, 0.2) is 12.4 Å². The molecule has 0 bridgehead atoms. The summed E-state index contributed by atoms with van der Waals surface area (Å²) in [6.45, 7) is 3.82. The Morgan fingerprint density at radius 1 is 1.33 bits per heavy atom. The van der Waals surface area contributed by atoms with Gasteiger partial charge in [-0.25, -0.2) is 9.97 Å². The molecule has 128 valence electrons. The van der Waals surface area contributed by atoms with Gasteiger partial charge in [0.2, 0.25) is 5.91 Å². The second kappa shape index (κ2) is 6.67. The molecule has 1 aliphatic carbocycles. The van der Waals surface area contributed by atoms with Crippen LogP contribution in [-0.4, -0.2) is 39.9 Å². The monoisotopic (exact) mass is 344 g/mol. The van der Waals surface area contributed by atoms with E-state index in [2.05, 4.69) is 33.2 Å². The van der Waals surface area contributed by atoms with Gasteiger partial charge < -0.3 is 10.2 Å². The molecule has 6 heteroatoms. The molecule has 1 atom stereocenters.